The maximum Gasteiger partial charge on any atom is 0.155 e. The average Bonchev–Trinajstić information content (AvgIpc) is 2.73. The van der Waals surface area contributed by atoms with Crippen LogP contribution in [0.2, 0.25) is 0 Å². The summed E-state index contributed by atoms with van der Waals surface area (Å²) in [5, 5.41) is 6.69. The Balaban J connectivity index is 2.08. The Morgan fingerprint density at radius 3 is 3.00 bits per heavy atom. The number of aromatic nitrogens is 2. The van der Waals surface area contributed by atoms with E-state index in [-0.39, 0.29) is 0 Å². The average molecular weight is 204 g/mol. The normalized spacial score (nSPS) is 10.2. The smallest absolute Gasteiger partial charge is 0.155 e. The standard InChI is InChI=1S/C10H12N4O/c1-7-2-4-12-10(9(7)11)13-6-8-3-5-14-15-8/h2-5H,6,11H2,1H3,(H,12,13). The summed E-state index contributed by atoms with van der Waals surface area (Å²) in [6.45, 7) is 2.47. The Kier molecular flexibility index (Phi) is 2.53. The third-order valence-corrected chi connectivity index (χ3v) is 2.13. The third kappa shape index (κ3) is 2.07. The Morgan fingerprint density at radius 1 is 1.40 bits per heavy atom. The molecular formula is C10H12N4O. The maximum atomic E-state index is 5.85. The second-order valence-corrected chi connectivity index (χ2v) is 3.22. The minimum Gasteiger partial charge on any atom is -0.396 e. The second-order valence-electron chi connectivity index (χ2n) is 3.22. The molecule has 0 aliphatic rings. The summed E-state index contributed by atoms with van der Waals surface area (Å²) in [7, 11) is 0. The highest BCUT2D eigenvalue weighted by atomic mass is 16.5. The molecule has 0 fully saturated rings. The molecule has 78 valence electrons. The number of hydrogen-bond donors (Lipinski definition) is 2. The Bertz CT molecular complexity index is 439. The molecule has 0 unspecified atom stereocenters. The van der Waals surface area contributed by atoms with Crippen molar-refractivity contribution in [2.45, 2.75) is 13.5 Å². The molecule has 0 bridgehead atoms. The van der Waals surface area contributed by atoms with Gasteiger partial charge in [-0.25, -0.2) is 4.98 Å². The first-order valence-electron chi connectivity index (χ1n) is 4.62. The minimum absolute atomic E-state index is 0.528. The lowest BCUT2D eigenvalue weighted by Crippen LogP contribution is -2.04. The largest absolute Gasteiger partial charge is 0.396 e. The maximum absolute atomic E-state index is 5.85. The van der Waals surface area contributed by atoms with Crippen LogP contribution in [-0.4, -0.2) is 10.1 Å². The molecular weight excluding hydrogens is 192 g/mol. The lowest BCUT2D eigenvalue weighted by atomic mass is 10.2. The predicted molar refractivity (Wildman–Crippen MR) is 57.2 cm³/mol. The third-order valence-electron chi connectivity index (χ3n) is 2.13. The molecule has 0 amide bonds. The molecule has 2 rings (SSSR count). The number of anilines is 2. The highest BCUT2D eigenvalue weighted by Gasteiger charge is 2.03. The Labute approximate surface area is 87.3 Å². The van der Waals surface area contributed by atoms with Gasteiger partial charge in [0.1, 0.15) is 5.82 Å². The topological polar surface area (TPSA) is 77.0 Å². The van der Waals surface area contributed by atoms with Crippen LogP contribution >= 0.6 is 0 Å². The number of nitrogen functional groups attached to an aromatic ring is 1. The van der Waals surface area contributed by atoms with Gasteiger partial charge in [0.2, 0.25) is 0 Å². The van der Waals surface area contributed by atoms with E-state index in [1.165, 1.54) is 0 Å². The minimum atomic E-state index is 0.528. The van der Waals surface area contributed by atoms with Crippen LogP contribution in [0.15, 0.2) is 29.0 Å². The van der Waals surface area contributed by atoms with Crippen LogP contribution in [0.4, 0.5) is 11.5 Å². The molecule has 0 spiro atoms. The molecule has 2 heterocycles. The molecule has 0 aromatic carbocycles. The van der Waals surface area contributed by atoms with Crippen LogP contribution in [-0.2, 0) is 6.54 Å². The summed E-state index contributed by atoms with van der Waals surface area (Å²) in [5.74, 6) is 1.42. The van der Waals surface area contributed by atoms with Gasteiger partial charge in [-0.3, -0.25) is 0 Å². The predicted octanol–water partition coefficient (Wildman–Crippen LogP) is 1.57. The van der Waals surface area contributed by atoms with Crippen LogP contribution in [0.3, 0.4) is 0 Å². The Hall–Kier alpha value is -2.04. The van der Waals surface area contributed by atoms with Crippen LogP contribution < -0.4 is 11.1 Å². The van der Waals surface area contributed by atoms with Gasteiger partial charge in [0.15, 0.2) is 5.76 Å². The molecule has 5 nitrogen and oxygen atoms in total. The van der Waals surface area contributed by atoms with Gasteiger partial charge in [-0.1, -0.05) is 5.16 Å². The summed E-state index contributed by atoms with van der Waals surface area (Å²) in [5.41, 5.74) is 7.52. The van der Waals surface area contributed by atoms with Crippen LogP contribution in [0.5, 0.6) is 0 Å². The van der Waals surface area contributed by atoms with Crippen molar-refractivity contribution in [2.75, 3.05) is 11.1 Å². The lowest BCUT2D eigenvalue weighted by molar-refractivity contribution is 0.388. The molecule has 0 saturated carbocycles. The van der Waals surface area contributed by atoms with Crippen LogP contribution in [0, 0.1) is 6.92 Å². The van der Waals surface area contributed by atoms with Gasteiger partial charge in [-0.05, 0) is 18.6 Å². The molecule has 2 aromatic rings. The van der Waals surface area contributed by atoms with E-state index >= 15 is 0 Å². The fraction of sp³-hybridized carbons (Fsp3) is 0.200. The van der Waals surface area contributed by atoms with E-state index in [2.05, 4.69) is 15.5 Å². The van der Waals surface area contributed by atoms with E-state index in [1.54, 1.807) is 18.5 Å². The van der Waals surface area contributed by atoms with Crippen molar-refractivity contribution in [1.82, 2.24) is 10.1 Å². The van der Waals surface area contributed by atoms with E-state index in [9.17, 15) is 0 Å². The van der Waals surface area contributed by atoms with E-state index in [0.29, 0.717) is 18.1 Å². The van der Waals surface area contributed by atoms with Crippen molar-refractivity contribution < 1.29 is 4.52 Å². The molecule has 0 saturated heterocycles. The zero-order valence-electron chi connectivity index (χ0n) is 8.40. The number of pyridine rings is 1. The van der Waals surface area contributed by atoms with Crippen molar-refractivity contribution in [3.8, 4) is 0 Å². The summed E-state index contributed by atoms with van der Waals surface area (Å²) < 4.78 is 4.94. The molecule has 0 radical (unpaired) electrons. The van der Waals surface area contributed by atoms with Gasteiger partial charge in [0, 0.05) is 12.3 Å². The van der Waals surface area contributed by atoms with Crippen molar-refractivity contribution >= 4 is 11.5 Å². The first-order valence-corrected chi connectivity index (χ1v) is 4.62. The highest BCUT2D eigenvalue weighted by molar-refractivity contribution is 5.64. The summed E-state index contributed by atoms with van der Waals surface area (Å²) >= 11 is 0. The van der Waals surface area contributed by atoms with E-state index < -0.39 is 0 Å². The van der Waals surface area contributed by atoms with E-state index in [4.69, 9.17) is 10.3 Å². The molecule has 0 aliphatic heterocycles. The zero-order valence-corrected chi connectivity index (χ0v) is 8.40. The molecule has 5 heteroatoms. The number of nitrogens with zero attached hydrogens (tertiary/aromatic N) is 2. The number of hydrogen-bond acceptors (Lipinski definition) is 5. The number of nitrogens with one attached hydrogen (secondary N) is 1. The molecule has 0 aliphatic carbocycles. The van der Waals surface area contributed by atoms with Crippen LogP contribution in [0.1, 0.15) is 11.3 Å². The van der Waals surface area contributed by atoms with Crippen molar-refractivity contribution in [2.24, 2.45) is 0 Å². The first kappa shape index (κ1) is 9.51. The Morgan fingerprint density at radius 2 is 2.27 bits per heavy atom. The number of aryl methyl sites for hydroxylation is 1. The van der Waals surface area contributed by atoms with Gasteiger partial charge in [-0.15, -0.1) is 0 Å². The number of nitrogens with two attached hydrogens (primary N) is 1. The van der Waals surface area contributed by atoms with E-state index in [0.717, 1.165) is 11.3 Å². The van der Waals surface area contributed by atoms with Crippen LogP contribution in [0.25, 0.3) is 0 Å². The van der Waals surface area contributed by atoms with Gasteiger partial charge < -0.3 is 15.6 Å². The van der Waals surface area contributed by atoms with E-state index in [1.807, 2.05) is 13.0 Å². The molecule has 2 aromatic heterocycles. The number of rotatable bonds is 3. The van der Waals surface area contributed by atoms with Crippen molar-refractivity contribution in [3.63, 3.8) is 0 Å². The second kappa shape index (κ2) is 4.00. The molecule has 3 N–H and O–H groups in total. The highest BCUT2D eigenvalue weighted by Crippen LogP contribution is 2.19. The SMILES string of the molecule is Cc1ccnc(NCc2ccno2)c1N. The van der Waals surface area contributed by atoms with Crippen molar-refractivity contribution in [3.05, 3.63) is 35.9 Å². The fourth-order valence-corrected chi connectivity index (χ4v) is 1.21. The summed E-state index contributed by atoms with van der Waals surface area (Å²) in [4.78, 5) is 4.14. The lowest BCUT2D eigenvalue weighted by Gasteiger charge is -2.07. The zero-order chi connectivity index (χ0) is 10.7. The fourth-order valence-electron chi connectivity index (χ4n) is 1.21. The summed E-state index contributed by atoms with van der Waals surface area (Å²) in [6, 6.07) is 3.66. The molecule has 0 atom stereocenters. The summed E-state index contributed by atoms with van der Waals surface area (Å²) in [6.07, 6.45) is 3.32. The van der Waals surface area contributed by atoms with Gasteiger partial charge in [0.05, 0.1) is 18.4 Å². The quantitative estimate of drug-likeness (QED) is 0.793. The monoisotopic (exact) mass is 204 g/mol. The molecule has 15 heavy (non-hydrogen) atoms. The first-order chi connectivity index (χ1) is 7.27. The van der Waals surface area contributed by atoms with Gasteiger partial charge in [0.25, 0.3) is 0 Å². The van der Waals surface area contributed by atoms with Gasteiger partial charge in [-0.2, -0.15) is 0 Å². The van der Waals surface area contributed by atoms with Gasteiger partial charge >= 0.3 is 0 Å². The van der Waals surface area contributed by atoms with Crippen molar-refractivity contribution in [1.29, 1.82) is 0 Å².